The smallest absolute Gasteiger partial charge is 0.314 e. The van der Waals surface area contributed by atoms with Crippen LogP contribution in [0.4, 0.5) is 8.78 Å². The molecule has 1 aromatic carbocycles. The van der Waals surface area contributed by atoms with Gasteiger partial charge in [-0.15, -0.1) is 0 Å². The molecular weight excluding hydrogens is 238 g/mol. The van der Waals surface area contributed by atoms with Crippen LogP contribution in [0.5, 0.6) is 0 Å². The highest BCUT2D eigenvalue weighted by Gasteiger charge is 2.53. The summed E-state index contributed by atoms with van der Waals surface area (Å²) in [5.74, 6) is -4.29. The predicted octanol–water partition coefficient (Wildman–Crippen LogP) is 3.30. The van der Waals surface area contributed by atoms with E-state index >= 15 is 0 Å². The molecule has 0 atom stereocenters. The number of rotatable bonds is 4. The number of aliphatic carboxylic acids is 1. The molecule has 0 radical (unpaired) electrons. The zero-order valence-corrected chi connectivity index (χ0v) is 9.83. The third-order valence-electron chi connectivity index (χ3n) is 4.05. The van der Waals surface area contributed by atoms with E-state index in [1.807, 2.05) is 0 Å². The molecule has 0 saturated heterocycles. The van der Waals surface area contributed by atoms with E-state index in [1.54, 1.807) is 12.1 Å². The molecule has 0 unspecified atom stereocenters. The van der Waals surface area contributed by atoms with Gasteiger partial charge in [0.05, 0.1) is 5.41 Å². The van der Waals surface area contributed by atoms with Crippen molar-refractivity contribution in [1.82, 2.24) is 0 Å². The first kappa shape index (κ1) is 11.6. The van der Waals surface area contributed by atoms with E-state index in [9.17, 15) is 18.7 Å². The Balaban J connectivity index is 1.97. The summed E-state index contributed by atoms with van der Waals surface area (Å²) in [6.07, 6.45) is 2.20. The Hall–Kier alpha value is -1.45. The SMILES string of the molecule is O=C(O)C1(c2cccc(C(F)(F)C3CC3)c2)CC1. The molecule has 2 aliphatic rings. The van der Waals surface area contributed by atoms with Gasteiger partial charge >= 0.3 is 5.97 Å². The van der Waals surface area contributed by atoms with Crippen molar-refractivity contribution in [3.8, 4) is 0 Å². The summed E-state index contributed by atoms with van der Waals surface area (Å²) in [5, 5.41) is 9.18. The first-order valence-corrected chi connectivity index (χ1v) is 6.19. The third-order valence-corrected chi connectivity index (χ3v) is 4.05. The molecule has 96 valence electrons. The van der Waals surface area contributed by atoms with Gasteiger partial charge in [-0.05, 0) is 37.3 Å². The minimum absolute atomic E-state index is 0.0324. The molecular formula is C14H14F2O2. The van der Waals surface area contributed by atoms with Crippen molar-refractivity contribution in [2.75, 3.05) is 0 Å². The van der Waals surface area contributed by atoms with Crippen LogP contribution in [0.15, 0.2) is 24.3 Å². The average Bonchev–Trinajstić information content (AvgIpc) is 3.18. The van der Waals surface area contributed by atoms with Crippen LogP contribution in [0.2, 0.25) is 0 Å². The first-order valence-electron chi connectivity index (χ1n) is 6.19. The Morgan fingerprint density at radius 1 is 1.33 bits per heavy atom. The molecule has 2 aliphatic carbocycles. The van der Waals surface area contributed by atoms with E-state index in [0.29, 0.717) is 31.2 Å². The van der Waals surface area contributed by atoms with Crippen molar-refractivity contribution in [3.05, 3.63) is 35.4 Å². The summed E-state index contributed by atoms with van der Waals surface area (Å²) >= 11 is 0. The fourth-order valence-electron chi connectivity index (χ4n) is 2.46. The molecule has 0 heterocycles. The molecule has 0 amide bonds. The van der Waals surface area contributed by atoms with Crippen LogP contribution in [0.3, 0.4) is 0 Å². The van der Waals surface area contributed by atoms with Gasteiger partial charge < -0.3 is 5.11 Å². The Bertz CT molecular complexity index is 502. The molecule has 0 spiro atoms. The summed E-state index contributed by atoms with van der Waals surface area (Å²) in [6, 6.07) is 5.98. The molecule has 4 heteroatoms. The number of alkyl halides is 2. The summed E-state index contributed by atoms with van der Waals surface area (Å²) in [5.41, 5.74) is -0.418. The quantitative estimate of drug-likeness (QED) is 0.892. The second kappa shape index (κ2) is 3.53. The van der Waals surface area contributed by atoms with Crippen LogP contribution in [-0.4, -0.2) is 11.1 Å². The fourth-order valence-corrected chi connectivity index (χ4v) is 2.46. The average molecular weight is 252 g/mol. The maximum Gasteiger partial charge on any atom is 0.314 e. The van der Waals surface area contributed by atoms with E-state index in [2.05, 4.69) is 0 Å². The molecule has 0 bridgehead atoms. The predicted molar refractivity (Wildman–Crippen MR) is 61.6 cm³/mol. The van der Waals surface area contributed by atoms with Crippen LogP contribution in [0.1, 0.15) is 36.8 Å². The normalized spacial score (nSPS) is 21.7. The van der Waals surface area contributed by atoms with Gasteiger partial charge in [0.25, 0.3) is 5.92 Å². The number of carbonyl (C=O) groups is 1. The van der Waals surface area contributed by atoms with Crippen LogP contribution in [0.25, 0.3) is 0 Å². The van der Waals surface area contributed by atoms with Crippen molar-refractivity contribution in [3.63, 3.8) is 0 Å². The lowest BCUT2D eigenvalue weighted by atomic mass is 9.92. The fraction of sp³-hybridized carbons (Fsp3) is 0.500. The minimum Gasteiger partial charge on any atom is -0.481 e. The second-order valence-electron chi connectivity index (χ2n) is 5.37. The Morgan fingerprint density at radius 3 is 2.50 bits per heavy atom. The summed E-state index contributed by atoms with van der Waals surface area (Å²) in [6.45, 7) is 0. The largest absolute Gasteiger partial charge is 0.481 e. The van der Waals surface area contributed by atoms with Gasteiger partial charge in [-0.1, -0.05) is 18.2 Å². The van der Waals surface area contributed by atoms with E-state index in [1.165, 1.54) is 12.1 Å². The minimum atomic E-state index is -2.81. The number of halogens is 2. The number of benzene rings is 1. The number of hydrogen-bond donors (Lipinski definition) is 1. The molecule has 3 rings (SSSR count). The van der Waals surface area contributed by atoms with Gasteiger partial charge in [-0.2, -0.15) is 0 Å². The number of hydrogen-bond acceptors (Lipinski definition) is 1. The molecule has 18 heavy (non-hydrogen) atoms. The Morgan fingerprint density at radius 2 is 2.00 bits per heavy atom. The van der Waals surface area contributed by atoms with E-state index < -0.39 is 23.2 Å². The van der Waals surface area contributed by atoms with Gasteiger partial charge in [0.1, 0.15) is 0 Å². The van der Waals surface area contributed by atoms with Gasteiger partial charge in [0, 0.05) is 11.5 Å². The monoisotopic (exact) mass is 252 g/mol. The molecule has 0 aliphatic heterocycles. The van der Waals surface area contributed by atoms with Crippen molar-refractivity contribution < 1.29 is 18.7 Å². The first-order chi connectivity index (χ1) is 8.47. The standard InChI is InChI=1S/C14H14F2O2/c15-14(16,9-4-5-9)11-3-1-2-10(8-11)13(6-7-13)12(17)18/h1-3,8-9H,4-7H2,(H,17,18). The van der Waals surface area contributed by atoms with Gasteiger partial charge in [0.2, 0.25) is 0 Å². The highest BCUT2D eigenvalue weighted by atomic mass is 19.3. The van der Waals surface area contributed by atoms with Crippen molar-refractivity contribution in [1.29, 1.82) is 0 Å². The van der Waals surface area contributed by atoms with E-state index in [-0.39, 0.29) is 5.56 Å². The van der Waals surface area contributed by atoms with Crippen molar-refractivity contribution in [2.24, 2.45) is 5.92 Å². The molecule has 2 saturated carbocycles. The van der Waals surface area contributed by atoms with Gasteiger partial charge in [-0.3, -0.25) is 4.79 Å². The molecule has 1 aromatic rings. The molecule has 2 fully saturated rings. The maximum atomic E-state index is 14.0. The molecule has 1 N–H and O–H groups in total. The zero-order chi connectivity index (χ0) is 13.0. The lowest BCUT2D eigenvalue weighted by Crippen LogP contribution is -2.21. The summed E-state index contributed by atoms with van der Waals surface area (Å²) in [7, 11) is 0. The Kier molecular flexibility index (Phi) is 2.28. The van der Waals surface area contributed by atoms with Gasteiger partial charge in [-0.25, -0.2) is 8.78 Å². The zero-order valence-electron chi connectivity index (χ0n) is 9.83. The van der Waals surface area contributed by atoms with Crippen molar-refractivity contribution >= 4 is 5.97 Å². The number of carboxylic acid groups (broad SMARTS) is 1. The molecule has 0 aromatic heterocycles. The lowest BCUT2D eigenvalue weighted by Gasteiger charge is -2.18. The van der Waals surface area contributed by atoms with Crippen LogP contribution >= 0.6 is 0 Å². The van der Waals surface area contributed by atoms with Crippen molar-refractivity contribution in [2.45, 2.75) is 37.0 Å². The van der Waals surface area contributed by atoms with Gasteiger partial charge in [0.15, 0.2) is 0 Å². The molecule has 2 nitrogen and oxygen atoms in total. The highest BCUT2D eigenvalue weighted by Crippen LogP contribution is 2.52. The van der Waals surface area contributed by atoms with Crippen LogP contribution < -0.4 is 0 Å². The summed E-state index contributed by atoms with van der Waals surface area (Å²) in [4.78, 5) is 11.2. The van der Waals surface area contributed by atoms with E-state index in [0.717, 1.165) is 0 Å². The highest BCUT2D eigenvalue weighted by molar-refractivity contribution is 5.84. The topological polar surface area (TPSA) is 37.3 Å². The maximum absolute atomic E-state index is 14.0. The Labute approximate surface area is 104 Å². The van der Waals surface area contributed by atoms with E-state index in [4.69, 9.17) is 0 Å². The lowest BCUT2D eigenvalue weighted by molar-refractivity contribution is -0.140. The second-order valence-corrected chi connectivity index (χ2v) is 5.37. The van der Waals surface area contributed by atoms with Crippen LogP contribution in [0, 0.1) is 5.92 Å². The number of carboxylic acids is 1. The summed E-state index contributed by atoms with van der Waals surface area (Å²) < 4.78 is 28.0. The third kappa shape index (κ3) is 1.62. The van der Waals surface area contributed by atoms with Crippen LogP contribution in [-0.2, 0) is 16.1 Å².